The molecule has 0 aliphatic rings. The Morgan fingerprint density at radius 3 is 2.38 bits per heavy atom. The Morgan fingerprint density at radius 1 is 1.12 bits per heavy atom. The lowest BCUT2D eigenvalue weighted by Crippen LogP contribution is -1.87. The van der Waals surface area contributed by atoms with Crippen molar-refractivity contribution in [3.8, 4) is 22.9 Å². The van der Waals surface area contributed by atoms with Gasteiger partial charge in [-0.3, -0.25) is 0 Å². The van der Waals surface area contributed by atoms with Crippen molar-refractivity contribution in [2.75, 3.05) is 0 Å². The van der Waals surface area contributed by atoms with Crippen LogP contribution in [0.4, 0.5) is 4.39 Å². The van der Waals surface area contributed by atoms with E-state index in [2.05, 4.69) is 20.9 Å². The highest BCUT2D eigenvalue weighted by molar-refractivity contribution is 9.10. The van der Waals surface area contributed by atoms with Crippen LogP contribution < -0.4 is 0 Å². The summed E-state index contributed by atoms with van der Waals surface area (Å²) in [4.78, 5) is 3.81. The third-order valence-electron chi connectivity index (χ3n) is 2.05. The maximum absolute atomic E-state index is 12.7. The van der Waals surface area contributed by atoms with E-state index >= 15 is 0 Å². The SMILES string of the molecule is Oc1cc(Br)c(-c2ccc(F)cc2)nc1O. The summed E-state index contributed by atoms with van der Waals surface area (Å²) in [7, 11) is 0. The van der Waals surface area contributed by atoms with E-state index in [0.717, 1.165) is 0 Å². The Kier molecular flexibility index (Phi) is 2.78. The number of rotatable bonds is 1. The molecule has 0 aliphatic carbocycles. The topological polar surface area (TPSA) is 53.4 Å². The molecule has 2 aromatic rings. The number of aromatic nitrogens is 1. The molecule has 0 unspecified atom stereocenters. The summed E-state index contributed by atoms with van der Waals surface area (Å²) >= 11 is 3.21. The van der Waals surface area contributed by atoms with E-state index in [1.54, 1.807) is 12.1 Å². The van der Waals surface area contributed by atoms with Gasteiger partial charge in [0.1, 0.15) is 5.82 Å². The molecule has 0 spiro atoms. The van der Waals surface area contributed by atoms with Gasteiger partial charge in [-0.1, -0.05) is 0 Å². The molecule has 0 saturated heterocycles. The molecular weight excluding hydrogens is 277 g/mol. The van der Waals surface area contributed by atoms with Crippen LogP contribution >= 0.6 is 15.9 Å². The van der Waals surface area contributed by atoms with E-state index in [4.69, 9.17) is 0 Å². The minimum atomic E-state index is -0.456. The maximum atomic E-state index is 12.7. The second-order valence-electron chi connectivity index (χ2n) is 3.17. The van der Waals surface area contributed by atoms with Gasteiger partial charge in [-0.25, -0.2) is 9.37 Å². The van der Waals surface area contributed by atoms with E-state index in [-0.39, 0.29) is 11.6 Å². The summed E-state index contributed by atoms with van der Waals surface area (Å²) in [6.07, 6.45) is 0. The van der Waals surface area contributed by atoms with Gasteiger partial charge in [-0.15, -0.1) is 0 Å². The molecule has 16 heavy (non-hydrogen) atoms. The van der Waals surface area contributed by atoms with Gasteiger partial charge in [-0.2, -0.15) is 0 Å². The van der Waals surface area contributed by atoms with Crippen LogP contribution in [0.15, 0.2) is 34.8 Å². The lowest BCUT2D eigenvalue weighted by Gasteiger charge is -2.05. The second-order valence-corrected chi connectivity index (χ2v) is 4.02. The van der Waals surface area contributed by atoms with Crippen molar-refractivity contribution < 1.29 is 14.6 Å². The smallest absolute Gasteiger partial charge is 0.254 e. The number of hydrogen-bond acceptors (Lipinski definition) is 3. The van der Waals surface area contributed by atoms with Crippen molar-refractivity contribution in [2.24, 2.45) is 0 Å². The van der Waals surface area contributed by atoms with Crippen LogP contribution in [0.1, 0.15) is 0 Å². The van der Waals surface area contributed by atoms with Crippen molar-refractivity contribution in [1.82, 2.24) is 4.98 Å². The predicted octanol–water partition coefficient (Wildman–Crippen LogP) is 3.06. The Labute approximate surface area is 99.3 Å². The molecule has 0 amide bonds. The van der Waals surface area contributed by atoms with Crippen LogP contribution in [0.25, 0.3) is 11.3 Å². The highest BCUT2D eigenvalue weighted by atomic mass is 79.9. The fourth-order valence-corrected chi connectivity index (χ4v) is 1.81. The third-order valence-corrected chi connectivity index (χ3v) is 2.66. The van der Waals surface area contributed by atoms with Crippen molar-refractivity contribution >= 4 is 15.9 Å². The second kappa shape index (κ2) is 4.09. The van der Waals surface area contributed by atoms with Crippen LogP contribution in [-0.4, -0.2) is 15.2 Å². The molecule has 2 rings (SSSR count). The molecule has 0 bridgehead atoms. The van der Waals surface area contributed by atoms with Crippen LogP contribution in [-0.2, 0) is 0 Å². The monoisotopic (exact) mass is 283 g/mol. The Morgan fingerprint density at radius 2 is 1.75 bits per heavy atom. The van der Waals surface area contributed by atoms with Crippen molar-refractivity contribution in [1.29, 1.82) is 0 Å². The highest BCUT2D eigenvalue weighted by Gasteiger charge is 2.10. The first-order valence-electron chi connectivity index (χ1n) is 4.42. The first-order valence-corrected chi connectivity index (χ1v) is 5.21. The zero-order chi connectivity index (χ0) is 11.7. The molecular formula is C11H7BrFNO2. The number of hydrogen-bond donors (Lipinski definition) is 2. The van der Waals surface area contributed by atoms with Crippen LogP contribution in [0.2, 0.25) is 0 Å². The predicted molar refractivity (Wildman–Crippen MR) is 60.7 cm³/mol. The molecule has 1 aromatic heterocycles. The molecule has 82 valence electrons. The Balaban J connectivity index is 2.56. The van der Waals surface area contributed by atoms with Crippen molar-refractivity contribution in [2.45, 2.75) is 0 Å². The normalized spacial score (nSPS) is 10.4. The van der Waals surface area contributed by atoms with Gasteiger partial charge in [0.25, 0.3) is 5.88 Å². The van der Waals surface area contributed by atoms with E-state index in [1.807, 2.05) is 0 Å². The lowest BCUT2D eigenvalue weighted by molar-refractivity contribution is 0.389. The summed E-state index contributed by atoms with van der Waals surface area (Å²) in [5.74, 6) is -1.11. The Hall–Kier alpha value is -1.62. The lowest BCUT2D eigenvalue weighted by atomic mass is 10.1. The summed E-state index contributed by atoms with van der Waals surface area (Å²) < 4.78 is 13.2. The zero-order valence-corrected chi connectivity index (χ0v) is 9.57. The third kappa shape index (κ3) is 1.99. The molecule has 0 radical (unpaired) electrons. The summed E-state index contributed by atoms with van der Waals surface area (Å²) in [5, 5.41) is 18.5. The molecule has 1 heterocycles. The number of pyridine rings is 1. The van der Waals surface area contributed by atoms with Gasteiger partial charge in [0.15, 0.2) is 5.75 Å². The fraction of sp³-hybridized carbons (Fsp3) is 0. The minimum absolute atomic E-state index is 0.308. The quantitative estimate of drug-likeness (QED) is 0.846. The number of halogens is 2. The van der Waals surface area contributed by atoms with Gasteiger partial charge < -0.3 is 10.2 Å². The van der Waals surface area contributed by atoms with Crippen LogP contribution in [0.3, 0.4) is 0 Å². The van der Waals surface area contributed by atoms with Crippen LogP contribution in [0, 0.1) is 5.82 Å². The molecule has 0 fully saturated rings. The van der Waals surface area contributed by atoms with E-state index < -0.39 is 5.88 Å². The summed E-state index contributed by atoms with van der Waals surface area (Å²) in [5.41, 5.74) is 1.08. The fourth-order valence-electron chi connectivity index (χ4n) is 1.28. The van der Waals surface area contributed by atoms with Gasteiger partial charge >= 0.3 is 0 Å². The average molecular weight is 284 g/mol. The summed E-state index contributed by atoms with van der Waals surface area (Å²) in [6.45, 7) is 0. The number of nitrogens with zero attached hydrogens (tertiary/aromatic N) is 1. The molecule has 0 aliphatic heterocycles. The Bertz CT molecular complexity index is 528. The molecule has 3 nitrogen and oxygen atoms in total. The molecule has 2 N–H and O–H groups in total. The first-order chi connectivity index (χ1) is 7.58. The summed E-state index contributed by atoms with van der Waals surface area (Å²) in [6, 6.07) is 7.01. The first kappa shape index (κ1) is 10.9. The van der Waals surface area contributed by atoms with E-state index in [0.29, 0.717) is 15.7 Å². The van der Waals surface area contributed by atoms with Crippen molar-refractivity contribution in [3.05, 3.63) is 40.6 Å². The molecule has 0 saturated carbocycles. The van der Waals surface area contributed by atoms with Gasteiger partial charge in [0, 0.05) is 16.1 Å². The van der Waals surface area contributed by atoms with E-state index in [9.17, 15) is 14.6 Å². The average Bonchev–Trinajstić information content (AvgIpc) is 2.25. The molecule has 5 heteroatoms. The minimum Gasteiger partial charge on any atom is -0.503 e. The van der Waals surface area contributed by atoms with E-state index in [1.165, 1.54) is 18.2 Å². The van der Waals surface area contributed by atoms with Gasteiger partial charge in [-0.05, 0) is 40.2 Å². The molecule has 0 atom stereocenters. The standard InChI is InChI=1S/C11H7BrFNO2/c12-8-5-9(15)11(16)14-10(8)6-1-3-7(13)4-2-6/h1-5,15H,(H,14,16). The maximum Gasteiger partial charge on any atom is 0.254 e. The van der Waals surface area contributed by atoms with Gasteiger partial charge in [0.05, 0.1) is 5.69 Å². The van der Waals surface area contributed by atoms with Crippen molar-refractivity contribution in [3.63, 3.8) is 0 Å². The number of aromatic hydroxyl groups is 2. The van der Waals surface area contributed by atoms with Gasteiger partial charge in [0.2, 0.25) is 0 Å². The zero-order valence-electron chi connectivity index (χ0n) is 7.98. The van der Waals surface area contributed by atoms with Crippen LogP contribution in [0.5, 0.6) is 11.6 Å². The largest absolute Gasteiger partial charge is 0.503 e. The number of benzene rings is 1. The molecule has 1 aromatic carbocycles. The highest BCUT2D eigenvalue weighted by Crippen LogP contribution is 2.33.